The Bertz CT molecular complexity index is 755. The summed E-state index contributed by atoms with van der Waals surface area (Å²) in [6, 6.07) is 11.9. The second kappa shape index (κ2) is 8.19. The van der Waals surface area contributed by atoms with Crippen molar-refractivity contribution < 1.29 is 24.2 Å². The van der Waals surface area contributed by atoms with E-state index in [2.05, 4.69) is 0 Å². The van der Waals surface area contributed by atoms with Crippen LogP contribution in [0.1, 0.15) is 21.5 Å². The van der Waals surface area contributed by atoms with Crippen LogP contribution in [-0.2, 0) is 17.8 Å². The Morgan fingerprint density at radius 2 is 1.56 bits per heavy atom. The van der Waals surface area contributed by atoms with Crippen molar-refractivity contribution in [3.63, 3.8) is 0 Å². The quantitative estimate of drug-likeness (QED) is 0.836. The lowest BCUT2D eigenvalue weighted by Crippen LogP contribution is -2.27. The number of aromatic carboxylic acids is 1. The smallest absolute Gasteiger partial charge is 0.335 e. The molecule has 0 radical (unpaired) electrons. The van der Waals surface area contributed by atoms with Crippen molar-refractivity contribution in [2.45, 2.75) is 13.0 Å². The second-order valence-corrected chi connectivity index (χ2v) is 5.62. The number of carbonyl (C=O) groups is 2. The Morgan fingerprint density at radius 1 is 0.960 bits per heavy atom. The molecule has 1 N–H and O–H groups in total. The van der Waals surface area contributed by atoms with Gasteiger partial charge in [0.15, 0.2) is 11.5 Å². The fraction of sp³-hybridized carbons (Fsp3) is 0.263. The molecule has 0 aliphatic rings. The van der Waals surface area contributed by atoms with Gasteiger partial charge in [-0.1, -0.05) is 18.2 Å². The SMILES string of the molecule is COc1ccc(CC(=O)N(C)Cc2ccc(C(=O)O)cc2)cc1OC. The van der Waals surface area contributed by atoms with E-state index in [1.807, 2.05) is 6.07 Å². The molecule has 0 saturated heterocycles. The molecule has 0 aliphatic carbocycles. The molecule has 2 aromatic rings. The Hall–Kier alpha value is -3.02. The Kier molecular flexibility index (Phi) is 6.00. The molecule has 0 aromatic heterocycles. The van der Waals surface area contributed by atoms with E-state index in [-0.39, 0.29) is 17.9 Å². The molecule has 25 heavy (non-hydrogen) atoms. The minimum Gasteiger partial charge on any atom is -0.493 e. The minimum absolute atomic E-state index is 0.0467. The standard InChI is InChI=1S/C19H21NO5/c1-20(12-13-4-7-15(8-5-13)19(22)23)18(21)11-14-6-9-16(24-2)17(10-14)25-3/h4-10H,11-12H2,1-3H3,(H,22,23). The molecular formula is C19H21NO5. The lowest BCUT2D eigenvalue weighted by Gasteiger charge is -2.18. The highest BCUT2D eigenvalue weighted by atomic mass is 16.5. The van der Waals surface area contributed by atoms with Crippen LogP contribution in [0.5, 0.6) is 11.5 Å². The fourth-order valence-corrected chi connectivity index (χ4v) is 2.41. The van der Waals surface area contributed by atoms with Crippen molar-refractivity contribution in [1.29, 1.82) is 0 Å². The fourth-order valence-electron chi connectivity index (χ4n) is 2.41. The zero-order valence-electron chi connectivity index (χ0n) is 14.5. The summed E-state index contributed by atoms with van der Waals surface area (Å²) in [5.74, 6) is 0.184. The van der Waals surface area contributed by atoms with Crippen LogP contribution in [0.15, 0.2) is 42.5 Å². The third kappa shape index (κ3) is 4.73. The first-order valence-electron chi connectivity index (χ1n) is 7.71. The molecule has 0 fully saturated rings. The van der Waals surface area contributed by atoms with Crippen molar-refractivity contribution >= 4 is 11.9 Å². The van der Waals surface area contributed by atoms with E-state index in [1.165, 1.54) is 12.1 Å². The molecule has 2 rings (SSSR count). The van der Waals surface area contributed by atoms with Crippen molar-refractivity contribution in [2.24, 2.45) is 0 Å². The molecule has 1 amide bonds. The maximum absolute atomic E-state index is 12.4. The van der Waals surface area contributed by atoms with Crippen molar-refractivity contribution in [3.8, 4) is 11.5 Å². The van der Waals surface area contributed by atoms with Crippen molar-refractivity contribution in [3.05, 3.63) is 59.2 Å². The number of hydrogen-bond donors (Lipinski definition) is 1. The van der Waals surface area contributed by atoms with E-state index in [0.717, 1.165) is 11.1 Å². The molecule has 132 valence electrons. The number of methoxy groups -OCH3 is 2. The number of carboxylic acid groups (broad SMARTS) is 1. The van der Waals surface area contributed by atoms with Crippen LogP contribution in [0.3, 0.4) is 0 Å². The van der Waals surface area contributed by atoms with Gasteiger partial charge in [0.25, 0.3) is 0 Å². The summed E-state index contributed by atoms with van der Waals surface area (Å²) in [4.78, 5) is 24.9. The number of carbonyl (C=O) groups excluding carboxylic acids is 1. The van der Waals surface area contributed by atoms with E-state index in [1.54, 1.807) is 50.4 Å². The Morgan fingerprint density at radius 3 is 2.12 bits per heavy atom. The second-order valence-electron chi connectivity index (χ2n) is 5.62. The topological polar surface area (TPSA) is 76.1 Å². The van der Waals surface area contributed by atoms with Gasteiger partial charge in [-0.15, -0.1) is 0 Å². The minimum atomic E-state index is -0.968. The van der Waals surface area contributed by atoms with Crippen LogP contribution in [0.2, 0.25) is 0 Å². The van der Waals surface area contributed by atoms with Crippen LogP contribution in [0.25, 0.3) is 0 Å². The number of benzene rings is 2. The van der Waals surface area contributed by atoms with Gasteiger partial charge in [-0.3, -0.25) is 4.79 Å². The normalized spacial score (nSPS) is 10.2. The highest BCUT2D eigenvalue weighted by molar-refractivity contribution is 5.87. The first kappa shape index (κ1) is 18.3. The zero-order valence-corrected chi connectivity index (χ0v) is 14.5. The van der Waals surface area contributed by atoms with E-state index in [4.69, 9.17) is 14.6 Å². The third-order valence-corrected chi connectivity index (χ3v) is 3.85. The number of likely N-dealkylation sites (N-methyl/N-ethyl adjacent to an activating group) is 1. The summed E-state index contributed by atoms with van der Waals surface area (Å²) in [6.45, 7) is 0.409. The number of rotatable bonds is 7. The number of carboxylic acids is 1. The molecule has 0 bridgehead atoms. The van der Waals surface area contributed by atoms with Gasteiger partial charge >= 0.3 is 5.97 Å². The van der Waals surface area contributed by atoms with Gasteiger partial charge in [-0.2, -0.15) is 0 Å². The molecule has 0 aliphatic heterocycles. The lowest BCUT2D eigenvalue weighted by molar-refractivity contribution is -0.129. The summed E-state index contributed by atoms with van der Waals surface area (Å²) in [5.41, 5.74) is 1.92. The highest BCUT2D eigenvalue weighted by Crippen LogP contribution is 2.27. The van der Waals surface area contributed by atoms with Crippen molar-refractivity contribution in [2.75, 3.05) is 21.3 Å². The first-order valence-corrected chi connectivity index (χ1v) is 7.71. The lowest BCUT2D eigenvalue weighted by atomic mass is 10.1. The van der Waals surface area contributed by atoms with Crippen LogP contribution in [-0.4, -0.2) is 43.2 Å². The molecule has 6 heteroatoms. The van der Waals surface area contributed by atoms with Gasteiger partial charge in [0.2, 0.25) is 5.91 Å². The van der Waals surface area contributed by atoms with Crippen LogP contribution in [0, 0.1) is 0 Å². The van der Waals surface area contributed by atoms with Gasteiger partial charge in [-0.25, -0.2) is 4.79 Å². The van der Waals surface area contributed by atoms with Crippen LogP contribution in [0.4, 0.5) is 0 Å². The molecule has 0 unspecified atom stereocenters. The number of amides is 1. The Balaban J connectivity index is 2.01. The summed E-state index contributed by atoms with van der Waals surface area (Å²) in [5, 5.41) is 8.91. The number of nitrogens with zero attached hydrogens (tertiary/aromatic N) is 1. The van der Waals surface area contributed by atoms with E-state index >= 15 is 0 Å². The largest absolute Gasteiger partial charge is 0.493 e. The number of ether oxygens (including phenoxy) is 2. The summed E-state index contributed by atoms with van der Waals surface area (Å²) in [7, 11) is 4.83. The molecular weight excluding hydrogens is 322 g/mol. The van der Waals surface area contributed by atoms with E-state index < -0.39 is 5.97 Å². The van der Waals surface area contributed by atoms with Crippen LogP contribution >= 0.6 is 0 Å². The monoisotopic (exact) mass is 343 g/mol. The molecule has 6 nitrogen and oxygen atoms in total. The summed E-state index contributed by atoms with van der Waals surface area (Å²) < 4.78 is 10.4. The molecule has 0 atom stereocenters. The molecule has 0 heterocycles. The average Bonchev–Trinajstić information content (AvgIpc) is 2.61. The average molecular weight is 343 g/mol. The zero-order chi connectivity index (χ0) is 18.4. The predicted molar refractivity (Wildman–Crippen MR) is 93.1 cm³/mol. The highest BCUT2D eigenvalue weighted by Gasteiger charge is 2.13. The molecule has 2 aromatic carbocycles. The van der Waals surface area contributed by atoms with Crippen LogP contribution < -0.4 is 9.47 Å². The Labute approximate surface area is 146 Å². The summed E-state index contributed by atoms with van der Waals surface area (Å²) in [6.07, 6.45) is 0.240. The molecule has 0 spiro atoms. The van der Waals surface area contributed by atoms with Gasteiger partial charge < -0.3 is 19.5 Å². The first-order chi connectivity index (χ1) is 11.9. The van der Waals surface area contributed by atoms with Crippen molar-refractivity contribution in [1.82, 2.24) is 4.90 Å². The summed E-state index contributed by atoms with van der Waals surface area (Å²) >= 11 is 0. The number of hydrogen-bond acceptors (Lipinski definition) is 4. The maximum Gasteiger partial charge on any atom is 0.335 e. The van der Waals surface area contributed by atoms with E-state index in [0.29, 0.717) is 18.0 Å². The predicted octanol–water partition coefficient (Wildman–Crippen LogP) is 2.60. The van der Waals surface area contributed by atoms with Gasteiger partial charge in [0.05, 0.1) is 26.2 Å². The van der Waals surface area contributed by atoms with Gasteiger partial charge in [0.1, 0.15) is 0 Å². The maximum atomic E-state index is 12.4. The third-order valence-electron chi connectivity index (χ3n) is 3.85. The molecule has 0 saturated carbocycles. The van der Waals surface area contributed by atoms with E-state index in [9.17, 15) is 9.59 Å². The van der Waals surface area contributed by atoms with Gasteiger partial charge in [0, 0.05) is 13.6 Å². The van der Waals surface area contributed by atoms with Gasteiger partial charge in [-0.05, 0) is 35.4 Å².